The molecule has 0 radical (unpaired) electrons. The molecule has 0 fully saturated rings. The molecule has 0 aliphatic rings. The van der Waals surface area contributed by atoms with E-state index < -0.39 is 24.4 Å². The highest BCUT2D eigenvalue weighted by Gasteiger charge is 2.35. The molecule has 0 bridgehead atoms. The monoisotopic (exact) mass is 286 g/mol. The second-order valence-corrected chi connectivity index (χ2v) is 5.48. The van der Waals surface area contributed by atoms with Crippen molar-refractivity contribution < 1.29 is 19.7 Å². The molecule has 0 saturated heterocycles. The van der Waals surface area contributed by atoms with Crippen molar-refractivity contribution in [1.29, 1.82) is 0 Å². The largest absolute Gasteiger partial charge is 0.390 e. The van der Waals surface area contributed by atoms with Crippen LogP contribution < -0.4 is 0 Å². The van der Waals surface area contributed by atoms with Crippen molar-refractivity contribution in [2.45, 2.75) is 77.2 Å². The maximum absolute atomic E-state index is 10.2. The van der Waals surface area contributed by atoms with Crippen LogP contribution in [-0.2, 0) is 9.47 Å². The van der Waals surface area contributed by atoms with Crippen LogP contribution in [0.4, 0.5) is 0 Å². The van der Waals surface area contributed by atoms with Crippen LogP contribution in [0.25, 0.3) is 0 Å². The average Bonchev–Trinajstić information content (AvgIpc) is 2.33. The van der Waals surface area contributed by atoms with Crippen molar-refractivity contribution in [3.63, 3.8) is 0 Å². The van der Waals surface area contributed by atoms with Crippen LogP contribution in [0.2, 0.25) is 0 Å². The molecule has 4 nitrogen and oxygen atoms in total. The van der Waals surface area contributed by atoms with Crippen LogP contribution in [0.5, 0.6) is 0 Å². The van der Waals surface area contributed by atoms with Crippen LogP contribution in [0.3, 0.4) is 0 Å². The second-order valence-electron chi connectivity index (χ2n) is 5.48. The van der Waals surface area contributed by atoms with Crippen molar-refractivity contribution in [1.82, 2.24) is 0 Å². The fourth-order valence-electron chi connectivity index (χ4n) is 2.01. The summed E-state index contributed by atoms with van der Waals surface area (Å²) in [7, 11) is 0. The fourth-order valence-corrected chi connectivity index (χ4v) is 2.01. The highest BCUT2D eigenvalue weighted by molar-refractivity contribution is 4.90. The third-order valence-corrected chi connectivity index (χ3v) is 2.76. The van der Waals surface area contributed by atoms with Gasteiger partial charge in [-0.3, -0.25) is 0 Å². The summed E-state index contributed by atoms with van der Waals surface area (Å²) < 4.78 is 11.6. The lowest BCUT2D eigenvalue weighted by atomic mass is 9.98. The highest BCUT2D eigenvalue weighted by Crippen LogP contribution is 2.20. The zero-order chi connectivity index (χ0) is 15.7. The van der Waals surface area contributed by atoms with Crippen LogP contribution in [0, 0.1) is 0 Å². The normalized spacial score (nSPS) is 17.8. The molecule has 0 rings (SSSR count). The van der Waals surface area contributed by atoms with E-state index in [2.05, 4.69) is 13.2 Å². The Morgan fingerprint density at radius 1 is 0.800 bits per heavy atom. The summed E-state index contributed by atoms with van der Waals surface area (Å²) in [5.41, 5.74) is 0. The van der Waals surface area contributed by atoms with E-state index in [-0.39, 0.29) is 12.2 Å². The SMILES string of the molecule is C=CC[C@@H](O)[C@@H](OC(C)C)[C@H](OC(C)C)[C@H](O)CC=C. The van der Waals surface area contributed by atoms with Gasteiger partial charge in [-0.15, -0.1) is 13.2 Å². The first-order valence-corrected chi connectivity index (χ1v) is 7.22. The Kier molecular flexibility index (Phi) is 9.76. The first kappa shape index (κ1) is 19.3. The summed E-state index contributed by atoms with van der Waals surface area (Å²) in [6, 6.07) is 0. The topological polar surface area (TPSA) is 58.9 Å². The number of hydrogen-bond acceptors (Lipinski definition) is 4. The van der Waals surface area contributed by atoms with E-state index in [1.165, 1.54) is 0 Å². The van der Waals surface area contributed by atoms with Crippen LogP contribution in [0.15, 0.2) is 25.3 Å². The van der Waals surface area contributed by atoms with E-state index in [9.17, 15) is 10.2 Å². The molecule has 0 heterocycles. The lowest BCUT2D eigenvalue weighted by Gasteiger charge is -2.35. The summed E-state index contributed by atoms with van der Waals surface area (Å²) >= 11 is 0. The third kappa shape index (κ3) is 7.20. The summed E-state index contributed by atoms with van der Waals surface area (Å²) in [6.45, 7) is 14.8. The molecule has 4 atom stereocenters. The van der Waals surface area contributed by atoms with Gasteiger partial charge in [0.05, 0.1) is 24.4 Å². The number of rotatable bonds is 11. The van der Waals surface area contributed by atoms with Gasteiger partial charge in [-0.25, -0.2) is 0 Å². The summed E-state index contributed by atoms with van der Waals surface area (Å²) in [5, 5.41) is 20.5. The van der Waals surface area contributed by atoms with Crippen molar-refractivity contribution >= 4 is 0 Å². The Morgan fingerprint density at radius 3 is 1.30 bits per heavy atom. The van der Waals surface area contributed by atoms with Gasteiger partial charge in [0.25, 0.3) is 0 Å². The molecule has 4 heteroatoms. The zero-order valence-corrected chi connectivity index (χ0v) is 13.2. The van der Waals surface area contributed by atoms with E-state index in [1.807, 2.05) is 27.7 Å². The summed E-state index contributed by atoms with van der Waals surface area (Å²) in [6.07, 6.45) is 1.14. The van der Waals surface area contributed by atoms with E-state index in [0.29, 0.717) is 12.8 Å². The number of ether oxygens (including phenoxy) is 2. The predicted octanol–water partition coefficient (Wildman–Crippen LogP) is 2.45. The van der Waals surface area contributed by atoms with Crippen LogP contribution in [-0.4, -0.2) is 46.8 Å². The quantitative estimate of drug-likeness (QED) is 0.573. The van der Waals surface area contributed by atoms with Crippen molar-refractivity contribution in [2.24, 2.45) is 0 Å². The minimum Gasteiger partial charge on any atom is -0.390 e. The van der Waals surface area contributed by atoms with E-state index in [1.54, 1.807) is 12.2 Å². The van der Waals surface area contributed by atoms with Crippen LogP contribution in [0.1, 0.15) is 40.5 Å². The van der Waals surface area contributed by atoms with Gasteiger partial charge in [-0.1, -0.05) is 12.2 Å². The highest BCUT2D eigenvalue weighted by atomic mass is 16.6. The Balaban J connectivity index is 5.13. The molecule has 0 aromatic rings. The Hall–Kier alpha value is -0.680. The molecule has 2 N–H and O–H groups in total. The summed E-state index contributed by atoms with van der Waals surface area (Å²) in [4.78, 5) is 0. The molecule has 20 heavy (non-hydrogen) atoms. The van der Waals surface area contributed by atoms with Gasteiger partial charge in [-0.05, 0) is 40.5 Å². The predicted molar refractivity (Wildman–Crippen MR) is 81.7 cm³/mol. The van der Waals surface area contributed by atoms with Gasteiger partial charge in [0.15, 0.2) is 0 Å². The molecular formula is C16H30O4. The molecular weight excluding hydrogens is 256 g/mol. The number of aliphatic hydroxyl groups is 2. The molecule has 118 valence electrons. The molecule has 0 spiro atoms. The number of hydrogen-bond donors (Lipinski definition) is 2. The molecule has 0 unspecified atom stereocenters. The van der Waals surface area contributed by atoms with Gasteiger partial charge >= 0.3 is 0 Å². The van der Waals surface area contributed by atoms with Crippen molar-refractivity contribution in [2.75, 3.05) is 0 Å². The Labute approximate surface area is 123 Å². The first-order chi connectivity index (χ1) is 9.33. The van der Waals surface area contributed by atoms with Gasteiger partial charge in [-0.2, -0.15) is 0 Å². The number of aliphatic hydroxyl groups excluding tert-OH is 2. The van der Waals surface area contributed by atoms with E-state index in [4.69, 9.17) is 9.47 Å². The fraction of sp³-hybridized carbons (Fsp3) is 0.750. The average molecular weight is 286 g/mol. The minimum atomic E-state index is -0.766. The van der Waals surface area contributed by atoms with Crippen LogP contribution >= 0.6 is 0 Å². The first-order valence-electron chi connectivity index (χ1n) is 7.22. The lowest BCUT2D eigenvalue weighted by molar-refractivity contribution is -0.179. The molecule has 0 aromatic carbocycles. The van der Waals surface area contributed by atoms with Gasteiger partial charge in [0, 0.05) is 0 Å². The molecule has 0 aliphatic heterocycles. The summed E-state index contributed by atoms with van der Waals surface area (Å²) in [5.74, 6) is 0. The third-order valence-electron chi connectivity index (χ3n) is 2.76. The molecule has 0 saturated carbocycles. The Morgan fingerprint density at radius 2 is 1.10 bits per heavy atom. The van der Waals surface area contributed by atoms with Crippen molar-refractivity contribution in [3.8, 4) is 0 Å². The van der Waals surface area contributed by atoms with E-state index in [0.717, 1.165) is 0 Å². The van der Waals surface area contributed by atoms with Gasteiger partial charge < -0.3 is 19.7 Å². The molecule has 0 aromatic heterocycles. The van der Waals surface area contributed by atoms with Gasteiger partial charge in [0.2, 0.25) is 0 Å². The van der Waals surface area contributed by atoms with E-state index >= 15 is 0 Å². The standard InChI is InChI=1S/C16H30O4/c1-7-9-13(17)15(19-11(3)4)16(20-12(5)6)14(18)10-8-2/h7-8,11-18H,1-2,9-10H2,3-6H3/t13-,14-,15-,16-/m1/s1. The van der Waals surface area contributed by atoms with Gasteiger partial charge in [0.1, 0.15) is 12.2 Å². The molecule has 0 amide bonds. The Bertz CT molecular complexity index is 248. The second kappa shape index (κ2) is 10.1. The lowest BCUT2D eigenvalue weighted by Crippen LogP contribution is -2.49. The maximum Gasteiger partial charge on any atom is 0.113 e. The van der Waals surface area contributed by atoms with Crippen molar-refractivity contribution in [3.05, 3.63) is 25.3 Å². The zero-order valence-electron chi connectivity index (χ0n) is 13.2. The molecule has 0 aliphatic carbocycles. The maximum atomic E-state index is 10.2. The smallest absolute Gasteiger partial charge is 0.113 e. The minimum absolute atomic E-state index is 0.0753.